The Morgan fingerprint density at radius 2 is 1.65 bits per heavy atom. The van der Waals surface area contributed by atoms with Crippen LogP contribution in [-0.4, -0.2) is 13.1 Å². The Balaban J connectivity index is 2.03. The monoisotopic (exact) mass is 269 g/mol. The summed E-state index contributed by atoms with van der Waals surface area (Å²) in [5, 5.41) is 0. The second-order valence-corrected chi connectivity index (χ2v) is 4.71. The number of ether oxygens (including phenoxy) is 1. The molecule has 0 aliphatic rings. The van der Waals surface area contributed by atoms with Crippen molar-refractivity contribution in [3.05, 3.63) is 71.3 Å². The summed E-state index contributed by atoms with van der Waals surface area (Å²) in [6.07, 6.45) is 1.09. The largest absolute Gasteiger partial charge is 0.469 e. The van der Waals surface area contributed by atoms with Crippen LogP contribution in [0, 0.1) is 0 Å². The first-order valence-electron chi connectivity index (χ1n) is 6.67. The Hall–Kier alpha value is -2.13. The number of methoxy groups -OCH3 is 1. The van der Waals surface area contributed by atoms with E-state index in [0.717, 1.165) is 16.7 Å². The number of carbonyl (C=O) groups excluding carboxylic acids is 1. The predicted octanol–water partition coefficient (Wildman–Crippen LogP) is 2.84. The van der Waals surface area contributed by atoms with Gasteiger partial charge in [-0.3, -0.25) is 4.79 Å². The maximum absolute atomic E-state index is 11.1. The van der Waals surface area contributed by atoms with E-state index < -0.39 is 0 Å². The number of benzene rings is 2. The third-order valence-corrected chi connectivity index (χ3v) is 3.34. The summed E-state index contributed by atoms with van der Waals surface area (Å²) in [7, 11) is 1.41. The van der Waals surface area contributed by atoms with E-state index in [9.17, 15) is 4.79 Å². The van der Waals surface area contributed by atoms with Crippen molar-refractivity contribution in [1.82, 2.24) is 0 Å². The summed E-state index contributed by atoms with van der Waals surface area (Å²) in [4.78, 5) is 11.1. The van der Waals surface area contributed by atoms with Gasteiger partial charge in [0.15, 0.2) is 0 Å². The van der Waals surface area contributed by atoms with E-state index in [-0.39, 0.29) is 12.0 Å². The highest BCUT2D eigenvalue weighted by Crippen LogP contribution is 2.20. The molecule has 0 aliphatic heterocycles. The van der Waals surface area contributed by atoms with Crippen molar-refractivity contribution in [1.29, 1.82) is 0 Å². The van der Waals surface area contributed by atoms with Crippen LogP contribution >= 0.6 is 0 Å². The second kappa shape index (κ2) is 6.87. The van der Waals surface area contributed by atoms with Crippen molar-refractivity contribution in [2.45, 2.75) is 18.9 Å². The predicted molar refractivity (Wildman–Crippen MR) is 79.3 cm³/mol. The topological polar surface area (TPSA) is 52.3 Å². The van der Waals surface area contributed by atoms with E-state index in [4.69, 9.17) is 5.73 Å². The smallest absolute Gasteiger partial charge is 0.305 e. The molecule has 0 radical (unpaired) electrons. The van der Waals surface area contributed by atoms with E-state index in [2.05, 4.69) is 4.74 Å². The molecule has 3 heteroatoms. The SMILES string of the molecule is COC(=O)CCc1ccc(C(N)c2ccccc2)cc1. The van der Waals surface area contributed by atoms with E-state index >= 15 is 0 Å². The lowest BCUT2D eigenvalue weighted by Crippen LogP contribution is -2.11. The zero-order valence-corrected chi connectivity index (χ0v) is 11.6. The van der Waals surface area contributed by atoms with Crippen molar-refractivity contribution in [2.24, 2.45) is 5.73 Å². The highest BCUT2D eigenvalue weighted by atomic mass is 16.5. The van der Waals surface area contributed by atoms with Crippen LogP contribution in [0.25, 0.3) is 0 Å². The van der Waals surface area contributed by atoms with E-state index in [0.29, 0.717) is 12.8 Å². The fraction of sp³-hybridized carbons (Fsp3) is 0.235. The Kier molecular flexibility index (Phi) is 4.91. The quantitative estimate of drug-likeness (QED) is 0.849. The van der Waals surface area contributed by atoms with E-state index in [1.165, 1.54) is 7.11 Å². The zero-order chi connectivity index (χ0) is 14.4. The molecule has 1 unspecified atom stereocenters. The lowest BCUT2D eigenvalue weighted by atomic mass is 9.98. The van der Waals surface area contributed by atoms with Gasteiger partial charge in [-0.15, -0.1) is 0 Å². The van der Waals surface area contributed by atoms with Gasteiger partial charge in [-0.2, -0.15) is 0 Å². The molecule has 0 bridgehead atoms. The minimum Gasteiger partial charge on any atom is -0.469 e. The first-order chi connectivity index (χ1) is 9.70. The van der Waals surface area contributed by atoms with Crippen molar-refractivity contribution in [3.8, 4) is 0 Å². The highest BCUT2D eigenvalue weighted by molar-refractivity contribution is 5.69. The van der Waals surface area contributed by atoms with Crippen molar-refractivity contribution < 1.29 is 9.53 Å². The lowest BCUT2D eigenvalue weighted by Gasteiger charge is -2.13. The van der Waals surface area contributed by atoms with Crippen LogP contribution < -0.4 is 5.73 Å². The molecule has 1 atom stereocenters. The first kappa shape index (κ1) is 14.3. The number of rotatable bonds is 5. The fourth-order valence-corrected chi connectivity index (χ4v) is 2.09. The summed E-state index contributed by atoms with van der Waals surface area (Å²) < 4.78 is 4.63. The van der Waals surface area contributed by atoms with Gasteiger partial charge < -0.3 is 10.5 Å². The molecule has 0 fully saturated rings. The number of aryl methyl sites for hydroxylation is 1. The third kappa shape index (κ3) is 3.68. The molecule has 0 amide bonds. The van der Waals surface area contributed by atoms with Crippen LogP contribution in [0.3, 0.4) is 0 Å². The molecule has 104 valence electrons. The Morgan fingerprint density at radius 1 is 1.05 bits per heavy atom. The average Bonchev–Trinajstić information content (AvgIpc) is 2.53. The van der Waals surface area contributed by atoms with Crippen LogP contribution in [0.4, 0.5) is 0 Å². The Bertz CT molecular complexity index is 549. The number of esters is 1. The molecule has 3 nitrogen and oxygen atoms in total. The van der Waals surface area contributed by atoms with Crippen LogP contribution in [0.2, 0.25) is 0 Å². The number of hydrogen-bond donors (Lipinski definition) is 1. The molecule has 2 aromatic carbocycles. The maximum atomic E-state index is 11.1. The standard InChI is InChI=1S/C17H19NO2/c1-20-16(19)12-9-13-7-10-15(11-8-13)17(18)14-5-3-2-4-6-14/h2-8,10-11,17H,9,12,18H2,1H3. The zero-order valence-electron chi connectivity index (χ0n) is 11.6. The molecule has 0 saturated carbocycles. The summed E-state index contributed by atoms with van der Waals surface area (Å²) in [5.74, 6) is -0.185. The lowest BCUT2D eigenvalue weighted by molar-refractivity contribution is -0.140. The fourth-order valence-electron chi connectivity index (χ4n) is 2.09. The normalized spacial score (nSPS) is 11.9. The Morgan fingerprint density at radius 3 is 2.25 bits per heavy atom. The van der Waals surface area contributed by atoms with Crippen LogP contribution in [-0.2, 0) is 16.0 Å². The molecular weight excluding hydrogens is 250 g/mol. The molecule has 0 spiro atoms. The van der Waals surface area contributed by atoms with Gasteiger partial charge >= 0.3 is 5.97 Å². The van der Waals surface area contributed by atoms with Gasteiger partial charge in [0.05, 0.1) is 13.2 Å². The molecule has 2 aromatic rings. The summed E-state index contributed by atoms with van der Waals surface area (Å²) in [6.45, 7) is 0. The summed E-state index contributed by atoms with van der Waals surface area (Å²) in [5.41, 5.74) is 9.51. The molecule has 2 rings (SSSR count). The molecule has 0 aliphatic carbocycles. The maximum Gasteiger partial charge on any atom is 0.305 e. The first-order valence-corrected chi connectivity index (χ1v) is 6.67. The highest BCUT2D eigenvalue weighted by Gasteiger charge is 2.08. The summed E-state index contributed by atoms with van der Waals surface area (Å²) in [6, 6.07) is 17.9. The van der Waals surface area contributed by atoms with Crippen LogP contribution in [0.5, 0.6) is 0 Å². The van der Waals surface area contributed by atoms with Gasteiger partial charge in [0.25, 0.3) is 0 Å². The van der Waals surface area contributed by atoms with Crippen molar-refractivity contribution in [3.63, 3.8) is 0 Å². The number of carbonyl (C=O) groups is 1. The van der Waals surface area contributed by atoms with Crippen LogP contribution in [0.15, 0.2) is 54.6 Å². The van der Waals surface area contributed by atoms with Crippen molar-refractivity contribution >= 4 is 5.97 Å². The van der Waals surface area contributed by atoms with Gasteiger partial charge in [-0.25, -0.2) is 0 Å². The van der Waals surface area contributed by atoms with E-state index in [1.54, 1.807) is 0 Å². The molecular formula is C17H19NO2. The second-order valence-electron chi connectivity index (χ2n) is 4.71. The number of hydrogen-bond acceptors (Lipinski definition) is 3. The minimum absolute atomic E-state index is 0.120. The van der Waals surface area contributed by atoms with Crippen LogP contribution in [0.1, 0.15) is 29.2 Å². The van der Waals surface area contributed by atoms with Gasteiger partial charge in [0.1, 0.15) is 0 Å². The van der Waals surface area contributed by atoms with Gasteiger partial charge in [0, 0.05) is 6.42 Å². The average molecular weight is 269 g/mol. The Labute approximate surface area is 119 Å². The van der Waals surface area contributed by atoms with E-state index in [1.807, 2.05) is 54.6 Å². The summed E-state index contributed by atoms with van der Waals surface area (Å²) >= 11 is 0. The molecule has 0 aromatic heterocycles. The number of nitrogens with two attached hydrogens (primary N) is 1. The third-order valence-electron chi connectivity index (χ3n) is 3.34. The molecule has 0 saturated heterocycles. The van der Waals surface area contributed by atoms with Gasteiger partial charge in [0.2, 0.25) is 0 Å². The van der Waals surface area contributed by atoms with Crippen molar-refractivity contribution in [2.75, 3.05) is 7.11 Å². The van der Waals surface area contributed by atoms with Gasteiger partial charge in [-0.1, -0.05) is 54.6 Å². The molecule has 2 N–H and O–H groups in total. The van der Waals surface area contributed by atoms with Gasteiger partial charge in [-0.05, 0) is 23.1 Å². The molecule has 20 heavy (non-hydrogen) atoms. The minimum atomic E-state index is -0.185. The molecule has 0 heterocycles.